The predicted octanol–water partition coefficient (Wildman–Crippen LogP) is 3.49. The van der Waals surface area contributed by atoms with Crippen molar-refractivity contribution in [3.8, 4) is 0 Å². The zero-order chi connectivity index (χ0) is 15.8. The second-order valence-corrected chi connectivity index (χ2v) is 6.52. The molecule has 6 heteroatoms. The highest BCUT2D eigenvalue weighted by molar-refractivity contribution is 9.10. The molecule has 1 aromatic heterocycles. The Morgan fingerprint density at radius 3 is 2.67 bits per heavy atom. The smallest absolute Gasteiger partial charge is 0.305 e. The highest BCUT2D eigenvalue weighted by Gasteiger charge is 2.27. The summed E-state index contributed by atoms with van der Waals surface area (Å²) in [5.41, 5.74) is 0.501. The van der Waals surface area contributed by atoms with Crippen molar-refractivity contribution in [2.45, 2.75) is 32.7 Å². The third-order valence-corrected chi connectivity index (χ3v) is 3.64. The number of carbonyl (C=O) groups excluding carboxylic acids is 1. The maximum atomic E-state index is 12.3. The predicted molar refractivity (Wildman–Crippen MR) is 82.4 cm³/mol. The molecule has 0 aliphatic carbocycles. The number of carbonyl (C=O) groups is 2. The number of hydrogen-bond donors (Lipinski definition) is 2. The SMILES string of the molecule is Cc1c(C(=O)NC(C)(C)CC(=O)O)oc2ccc(Br)cc12. The van der Waals surface area contributed by atoms with Crippen LogP contribution in [-0.4, -0.2) is 22.5 Å². The molecule has 0 aliphatic heterocycles. The minimum absolute atomic E-state index is 0.163. The molecule has 2 rings (SSSR count). The molecule has 0 saturated carbocycles. The molecule has 0 radical (unpaired) electrons. The number of fused-ring (bicyclic) bond motifs is 1. The van der Waals surface area contributed by atoms with Gasteiger partial charge in [0.1, 0.15) is 5.58 Å². The number of aliphatic carboxylic acids is 1. The summed E-state index contributed by atoms with van der Waals surface area (Å²) in [6.07, 6.45) is -0.163. The Morgan fingerprint density at radius 2 is 2.05 bits per heavy atom. The molecule has 0 spiro atoms. The van der Waals surface area contributed by atoms with Gasteiger partial charge in [-0.2, -0.15) is 0 Å². The largest absolute Gasteiger partial charge is 0.481 e. The van der Waals surface area contributed by atoms with Crippen LogP contribution in [0.15, 0.2) is 27.1 Å². The molecule has 0 atom stereocenters. The van der Waals surface area contributed by atoms with Gasteiger partial charge in [0.25, 0.3) is 5.91 Å². The molecule has 0 fully saturated rings. The summed E-state index contributed by atoms with van der Waals surface area (Å²) >= 11 is 3.38. The zero-order valence-corrected chi connectivity index (χ0v) is 13.6. The summed E-state index contributed by atoms with van der Waals surface area (Å²) in [5.74, 6) is -1.17. The third-order valence-electron chi connectivity index (χ3n) is 3.15. The van der Waals surface area contributed by atoms with Crippen LogP contribution >= 0.6 is 15.9 Å². The van der Waals surface area contributed by atoms with Crippen LogP contribution in [0.2, 0.25) is 0 Å². The van der Waals surface area contributed by atoms with Crippen molar-refractivity contribution >= 4 is 38.8 Å². The van der Waals surface area contributed by atoms with Gasteiger partial charge >= 0.3 is 5.97 Å². The van der Waals surface area contributed by atoms with Crippen LogP contribution in [0.1, 0.15) is 36.4 Å². The first-order chi connectivity index (χ1) is 9.69. The van der Waals surface area contributed by atoms with E-state index in [1.54, 1.807) is 26.8 Å². The average molecular weight is 354 g/mol. The van der Waals surface area contributed by atoms with E-state index in [1.807, 2.05) is 12.1 Å². The van der Waals surface area contributed by atoms with E-state index in [-0.39, 0.29) is 12.2 Å². The first kappa shape index (κ1) is 15.6. The van der Waals surface area contributed by atoms with Crippen molar-refractivity contribution in [3.05, 3.63) is 34.0 Å². The first-order valence-electron chi connectivity index (χ1n) is 6.42. The molecule has 0 saturated heterocycles. The van der Waals surface area contributed by atoms with Gasteiger partial charge in [0.2, 0.25) is 0 Å². The maximum Gasteiger partial charge on any atom is 0.305 e. The van der Waals surface area contributed by atoms with Crippen molar-refractivity contribution in [2.75, 3.05) is 0 Å². The van der Waals surface area contributed by atoms with Crippen molar-refractivity contribution in [1.29, 1.82) is 0 Å². The van der Waals surface area contributed by atoms with Crippen molar-refractivity contribution < 1.29 is 19.1 Å². The minimum atomic E-state index is -0.967. The van der Waals surface area contributed by atoms with Gasteiger partial charge in [0, 0.05) is 21.0 Å². The van der Waals surface area contributed by atoms with Crippen molar-refractivity contribution in [1.82, 2.24) is 5.32 Å². The van der Waals surface area contributed by atoms with Gasteiger partial charge in [-0.15, -0.1) is 0 Å². The van der Waals surface area contributed by atoms with E-state index in [4.69, 9.17) is 9.52 Å². The van der Waals surface area contributed by atoms with Crippen LogP contribution in [0, 0.1) is 6.92 Å². The summed E-state index contributed by atoms with van der Waals surface area (Å²) in [6, 6.07) is 5.50. The maximum absolute atomic E-state index is 12.3. The lowest BCUT2D eigenvalue weighted by atomic mass is 10.0. The van der Waals surface area contributed by atoms with Crippen LogP contribution in [0.3, 0.4) is 0 Å². The second-order valence-electron chi connectivity index (χ2n) is 5.61. The molecule has 0 aliphatic rings. The average Bonchev–Trinajstić information content (AvgIpc) is 2.64. The molecule has 1 aromatic carbocycles. The van der Waals surface area contributed by atoms with E-state index >= 15 is 0 Å². The molecule has 2 N–H and O–H groups in total. The monoisotopic (exact) mass is 353 g/mol. The standard InChI is InChI=1S/C15H16BrNO4/c1-8-10-6-9(16)4-5-11(10)21-13(8)14(20)17-15(2,3)7-12(18)19/h4-6H,7H2,1-3H3,(H,17,20)(H,18,19). The van der Waals surface area contributed by atoms with Gasteiger partial charge in [-0.05, 0) is 39.0 Å². The van der Waals surface area contributed by atoms with Gasteiger partial charge in [0.05, 0.1) is 6.42 Å². The van der Waals surface area contributed by atoms with Gasteiger partial charge in [-0.3, -0.25) is 9.59 Å². The Morgan fingerprint density at radius 1 is 1.38 bits per heavy atom. The number of hydrogen-bond acceptors (Lipinski definition) is 3. The normalized spacial score (nSPS) is 11.6. The second kappa shape index (κ2) is 5.52. The fourth-order valence-electron chi connectivity index (χ4n) is 2.20. The van der Waals surface area contributed by atoms with E-state index < -0.39 is 17.4 Å². The Balaban J connectivity index is 2.32. The number of furan rings is 1. The molecule has 1 heterocycles. The molecule has 21 heavy (non-hydrogen) atoms. The van der Waals surface area contributed by atoms with Gasteiger partial charge < -0.3 is 14.8 Å². The number of carboxylic acid groups (broad SMARTS) is 1. The molecule has 5 nitrogen and oxygen atoms in total. The number of halogens is 1. The molecule has 0 unspecified atom stereocenters. The number of nitrogens with one attached hydrogen (secondary N) is 1. The molecular formula is C15H16BrNO4. The van der Waals surface area contributed by atoms with Crippen LogP contribution in [0.4, 0.5) is 0 Å². The third kappa shape index (κ3) is 3.44. The first-order valence-corrected chi connectivity index (χ1v) is 7.22. The topological polar surface area (TPSA) is 79.5 Å². The van der Waals surface area contributed by atoms with E-state index in [2.05, 4.69) is 21.2 Å². The van der Waals surface area contributed by atoms with Crippen molar-refractivity contribution in [3.63, 3.8) is 0 Å². The molecule has 2 aromatic rings. The van der Waals surface area contributed by atoms with Crippen molar-refractivity contribution in [2.24, 2.45) is 0 Å². The molecule has 0 bridgehead atoms. The van der Waals surface area contributed by atoms with Crippen LogP contribution < -0.4 is 5.32 Å². The van der Waals surface area contributed by atoms with Crippen LogP contribution in [0.25, 0.3) is 11.0 Å². The van der Waals surface area contributed by atoms with Crippen LogP contribution in [0.5, 0.6) is 0 Å². The van der Waals surface area contributed by atoms with E-state index in [0.717, 1.165) is 15.4 Å². The fraction of sp³-hybridized carbons (Fsp3) is 0.333. The highest BCUT2D eigenvalue weighted by atomic mass is 79.9. The summed E-state index contributed by atoms with van der Waals surface area (Å²) in [7, 11) is 0. The number of benzene rings is 1. The number of amides is 1. The van der Waals surface area contributed by atoms with E-state index in [1.165, 1.54) is 0 Å². The Labute approximate surface area is 130 Å². The molecular weight excluding hydrogens is 338 g/mol. The minimum Gasteiger partial charge on any atom is -0.481 e. The van der Waals surface area contributed by atoms with Gasteiger partial charge in [0.15, 0.2) is 5.76 Å². The number of aryl methyl sites for hydroxylation is 1. The summed E-state index contributed by atoms with van der Waals surface area (Å²) in [4.78, 5) is 23.1. The lowest BCUT2D eigenvalue weighted by molar-refractivity contribution is -0.138. The Hall–Kier alpha value is -1.82. The molecule has 112 valence electrons. The molecule has 1 amide bonds. The Kier molecular flexibility index (Phi) is 4.09. The fourth-order valence-corrected chi connectivity index (χ4v) is 2.56. The summed E-state index contributed by atoms with van der Waals surface area (Å²) < 4.78 is 6.49. The van der Waals surface area contributed by atoms with Gasteiger partial charge in [-0.1, -0.05) is 15.9 Å². The Bertz CT molecular complexity index is 718. The number of carboxylic acids is 1. The quantitative estimate of drug-likeness (QED) is 0.881. The number of rotatable bonds is 4. The zero-order valence-electron chi connectivity index (χ0n) is 12.0. The lowest BCUT2D eigenvalue weighted by Crippen LogP contribution is -2.45. The highest BCUT2D eigenvalue weighted by Crippen LogP contribution is 2.28. The van der Waals surface area contributed by atoms with E-state index in [0.29, 0.717) is 5.58 Å². The summed E-state index contributed by atoms with van der Waals surface area (Å²) in [6.45, 7) is 5.12. The lowest BCUT2D eigenvalue weighted by Gasteiger charge is -2.23. The van der Waals surface area contributed by atoms with Crippen LogP contribution in [-0.2, 0) is 4.79 Å². The summed E-state index contributed by atoms with van der Waals surface area (Å²) in [5, 5.41) is 12.4. The van der Waals surface area contributed by atoms with E-state index in [9.17, 15) is 9.59 Å². The van der Waals surface area contributed by atoms with Gasteiger partial charge in [-0.25, -0.2) is 0 Å².